The summed E-state index contributed by atoms with van der Waals surface area (Å²) in [6, 6.07) is 2.19. The predicted molar refractivity (Wildman–Crippen MR) is 88.8 cm³/mol. The first-order valence-corrected chi connectivity index (χ1v) is 8.64. The van der Waals surface area contributed by atoms with Gasteiger partial charge in [-0.15, -0.1) is 11.3 Å². The molecule has 0 spiro atoms. The molecule has 0 saturated heterocycles. The molecule has 0 atom stereocenters. The van der Waals surface area contributed by atoms with Crippen LogP contribution in [0.15, 0.2) is 12.3 Å². The summed E-state index contributed by atoms with van der Waals surface area (Å²) >= 11 is 1.82. The molecule has 1 saturated carbocycles. The zero-order chi connectivity index (χ0) is 14.8. The highest BCUT2D eigenvalue weighted by Crippen LogP contribution is 2.44. The van der Waals surface area contributed by atoms with Crippen LogP contribution in [-0.4, -0.2) is 16.5 Å². The maximum absolute atomic E-state index is 4.93. The van der Waals surface area contributed by atoms with Gasteiger partial charge in [-0.1, -0.05) is 13.0 Å². The molecule has 0 unspecified atom stereocenters. The summed E-state index contributed by atoms with van der Waals surface area (Å²) in [6.07, 6.45) is 5.70. The van der Waals surface area contributed by atoms with Crippen LogP contribution in [0, 0.1) is 13.8 Å². The quantitative estimate of drug-likeness (QED) is 0.813. The van der Waals surface area contributed by atoms with Gasteiger partial charge in [0, 0.05) is 23.5 Å². The molecule has 1 N–H and O–H groups in total. The Hall–Kier alpha value is -1.26. The van der Waals surface area contributed by atoms with E-state index in [0.29, 0.717) is 5.92 Å². The summed E-state index contributed by atoms with van der Waals surface area (Å²) in [7, 11) is 0. The van der Waals surface area contributed by atoms with Gasteiger partial charge in [-0.05, 0) is 50.8 Å². The first-order valence-electron chi connectivity index (χ1n) is 7.83. The van der Waals surface area contributed by atoms with E-state index >= 15 is 0 Å². The summed E-state index contributed by atoms with van der Waals surface area (Å²) in [5.74, 6) is 0.694. The Morgan fingerprint density at radius 2 is 2.14 bits per heavy atom. The Balaban J connectivity index is 1.90. The molecule has 2 aromatic rings. The molecule has 1 aliphatic rings. The third kappa shape index (κ3) is 3.33. The van der Waals surface area contributed by atoms with Gasteiger partial charge in [0.05, 0.1) is 5.69 Å². The van der Waals surface area contributed by atoms with Gasteiger partial charge in [-0.25, -0.2) is 4.98 Å². The van der Waals surface area contributed by atoms with Crippen molar-refractivity contribution in [2.24, 2.45) is 0 Å². The fourth-order valence-electron chi connectivity index (χ4n) is 2.59. The predicted octanol–water partition coefficient (Wildman–Crippen LogP) is 4.20. The van der Waals surface area contributed by atoms with Gasteiger partial charge in [0.15, 0.2) is 0 Å². The van der Waals surface area contributed by atoms with Crippen molar-refractivity contribution in [3.05, 3.63) is 34.0 Å². The number of hydrogen-bond acceptors (Lipinski definition) is 4. The van der Waals surface area contributed by atoms with E-state index in [1.54, 1.807) is 0 Å². The minimum atomic E-state index is 0.694. The van der Waals surface area contributed by atoms with Crippen molar-refractivity contribution in [3.8, 4) is 10.7 Å². The molecular formula is C17H23N3S. The fourth-order valence-corrected chi connectivity index (χ4v) is 3.76. The summed E-state index contributed by atoms with van der Waals surface area (Å²) in [4.78, 5) is 10.9. The van der Waals surface area contributed by atoms with Crippen molar-refractivity contribution < 1.29 is 0 Å². The monoisotopic (exact) mass is 301 g/mol. The Morgan fingerprint density at radius 3 is 2.81 bits per heavy atom. The number of aromatic nitrogens is 2. The molecule has 4 heteroatoms. The number of hydrogen-bond donors (Lipinski definition) is 1. The van der Waals surface area contributed by atoms with Crippen LogP contribution in [0.4, 0.5) is 0 Å². The molecular weight excluding hydrogens is 278 g/mol. The van der Waals surface area contributed by atoms with Crippen molar-refractivity contribution in [1.82, 2.24) is 15.3 Å². The minimum absolute atomic E-state index is 0.694. The summed E-state index contributed by atoms with van der Waals surface area (Å²) < 4.78 is 0. The van der Waals surface area contributed by atoms with Gasteiger partial charge >= 0.3 is 0 Å². The van der Waals surface area contributed by atoms with Crippen LogP contribution in [0.1, 0.15) is 53.8 Å². The molecule has 0 bridgehead atoms. The van der Waals surface area contributed by atoms with E-state index < -0.39 is 0 Å². The third-order valence-corrected chi connectivity index (χ3v) is 4.90. The topological polar surface area (TPSA) is 37.8 Å². The lowest BCUT2D eigenvalue weighted by Crippen LogP contribution is -2.13. The standard InChI is InChI=1S/C17H23N3S/c1-4-7-18-10-14-16(13-5-6-13)20-17(21-14)15-12(3)8-11(2)9-19-15/h8-9,13,18H,4-7,10H2,1-3H3. The van der Waals surface area contributed by atoms with Crippen LogP contribution in [0.3, 0.4) is 0 Å². The van der Waals surface area contributed by atoms with Crippen molar-refractivity contribution in [2.45, 2.75) is 52.5 Å². The molecule has 112 valence electrons. The van der Waals surface area contributed by atoms with Crippen molar-refractivity contribution in [1.29, 1.82) is 0 Å². The summed E-state index contributed by atoms with van der Waals surface area (Å²) in [5.41, 5.74) is 4.80. The van der Waals surface area contributed by atoms with Crippen LogP contribution < -0.4 is 5.32 Å². The van der Waals surface area contributed by atoms with E-state index in [2.05, 4.69) is 37.1 Å². The normalized spacial score (nSPS) is 14.6. The molecule has 3 nitrogen and oxygen atoms in total. The third-order valence-electron chi connectivity index (χ3n) is 3.82. The summed E-state index contributed by atoms with van der Waals surface area (Å²) in [5, 5.41) is 4.60. The van der Waals surface area contributed by atoms with E-state index in [4.69, 9.17) is 4.98 Å². The number of nitrogens with one attached hydrogen (secondary N) is 1. The Kier molecular flexibility index (Phi) is 4.36. The molecule has 2 aromatic heterocycles. The lowest BCUT2D eigenvalue weighted by molar-refractivity contribution is 0.676. The number of thiazole rings is 1. The average Bonchev–Trinajstić information content (AvgIpc) is 3.21. The Labute approximate surface area is 130 Å². The van der Waals surface area contributed by atoms with E-state index in [-0.39, 0.29) is 0 Å². The van der Waals surface area contributed by atoms with E-state index in [1.165, 1.54) is 41.0 Å². The lowest BCUT2D eigenvalue weighted by atomic mass is 10.2. The first-order chi connectivity index (χ1) is 10.2. The second-order valence-electron chi connectivity index (χ2n) is 5.96. The highest BCUT2D eigenvalue weighted by molar-refractivity contribution is 7.15. The van der Waals surface area contributed by atoms with E-state index in [9.17, 15) is 0 Å². The molecule has 0 radical (unpaired) electrons. The lowest BCUT2D eigenvalue weighted by Gasteiger charge is -2.02. The molecule has 3 rings (SSSR count). The van der Waals surface area contributed by atoms with Crippen LogP contribution in [0.5, 0.6) is 0 Å². The molecule has 0 aromatic carbocycles. The summed E-state index contributed by atoms with van der Waals surface area (Å²) in [6.45, 7) is 8.43. The Bertz CT molecular complexity index is 629. The first kappa shape index (κ1) is 14.7. The fraction of sp³-hybridized carbons (Fsp3) is 0.529. The van der Waals surface area contributed by atoms with Crippen LogP contribution in [-0.2, 0) is 6.54 Å². The smallest absolute Gasteiger partial charge is 0.142 e. The molecule has 1 aliphatic carbocycles. The van der Waals surface area contributed by atoms with Crippen molar-refractivity contribution in [3.63, 3.8) is 0 Å². The highest BCUT2D eigenvalue weighted by Gasteiger charge is 2.30. The molecule has 0 amide bonds. The second kappa shape index (κ2) is 6.24. The van der Waals surface area contributed by atoms with Gasteiger partial charge in [0.25, 0.3) is 0 Å². The van der Waals surface area contributed by atoms with E-state index in [0.717, 1.165) is 23.8 Å². The Morgan fingerprint density at radius 1 is 1.33 bits per heavy atom. The molecule has 2 heterocycles. The molecule has 0 aliphatic heterocycles. The van der Waals surface area contributed by atoms with Crippen LogP contribution in [0.2, 0.25) is 0 Å². The minimum Gasteiger partial charge on any atom is -0.312 e. The van der Waals surface area contributed by atoms with E-state index in [1.807, 2.05) is 17.5 Å². The van der Waals surface area contributed by atoms with Gasteiger partial charge < -0.3 is 5.32 Å². The number of pyridine rings is 1. The zero-order valence-corrected chi connectivity index (χ0v) is 13.9. The maximum Gasteiger partial charge on any atom is 0.142 e. The largest absolute Gasteiger partial charge is 0.312 e. The molecule has 1 fully saturated rings. The van der Waals surface area contributed by atoms with Crippen LogP contribution in [0.25, 0.3) is 10.7 Å². The average molecular weight is 301 g/mol. The van der Waals surface area contributed by atoms with Gasteiger partial charge in [-0.3, -0.25) is 4.98 Å². The van der Waals surface area contributed by atoms with Gasteiger partial charge in [0.1, 0.15) is 10.7 Å². The van der Waals surface area contributed by atoms with Crippen molar-refractivity contribution in [2.75, 3.05) is 6.54 Å². The zero-order valence-electron chi connectivity index (χ0n) is 13.1. The number of rotatable bonds is 6. The number of nitrogens with zero attached hydrogens (tertiary/aromatic N) is 2. The molecule has 21 heavy (non-hydrogen) atoms. The van der Waals surface area contributed by atoms with Gasteiger partial charge in [-0.2, -0.15) is 0 Å². The van der Waals surface area contributed by atoms with Gasteiger partial charge in [0.2, 0.25) is 0 Å². The highest BCUT2D eigenvalue weighted by atomic mass is 32.1. The maximum atomic E-state index is 4.93. The van der Waals surface area contributed by atoms with Crippen LogP contribution >= 0.6 is 11.3 Å². The van der Waals surface area contributed by atoms with Crippen molar-refractivity contribution >= 4 is 11.3 Å². The number of aryl methyl sites for hydroxylation is 2. The SMILES string of the molecule is CCCNCc1sc(-c2ncc(C)cc2C)nc1C1CC1. The second-order valence-corrected chi connectivity index (χ2v) is 7.04.